The predicted octanol–water partition coefficient (Wildman–Crippen LogP) is 4.46. The van der Waals surface area contributed by atoms with Crippen molar-refractivity contribution in [1.82, 2.24) is 0 Å². The van der Waals surface area contributed by atoms with Gasteiger partial charge < -0.3 is 5.32 Å². The molecule has 1 fully saturated rings. The van der Waals surface area contributed by atoms with Gasteiger partial charge in [0.15, 0.2) is 0 Å². The average molecular weight is 217 g/mol. The number of hydrogen-bond acceptors (Lipinski definition) is 1. The van der Waals surface area contributed by atoms with Gasteiger partial charge in [0.1, 0.15) is 0 Å². The first-order valence-corrected chi connectivity index (χ1v) is 6.47. The second-order valence-corrected chi connectivity index (χ2v) is 5.80. The van der Waals surface area contributed by atoms with Gasteiger partial charge >= 0.3 is 0 Å². The van der Waals surface area contributed by atoms with E-state index in [1.165, 1.54) is 37.8 Å². The van der Waals surface area contributed by atoms with Crippen LogP contribution in [0.2, 0.25) is 0 Å². The standard InChI is InChI=1S/C15H23N/c1-15(2)11-6-9-14(10-12-15)16-13-7-4-3-5-8-13/h3-5,7-8,14,16H,6,9-12H2,1-2H3. The van der Waals surface area contributed by atoms with Gasteiger partial charge in [-0.3, -0.25) is 0 Å². The maximum Gasteiger partial charge on any atom is 0.0342 e. The van der Waals surface area contributed by atoms with Crippen LogP contribution < -0.4 is 5.32 Å². The summed E-state index contributed by atoms with van der Waals surface area (Å²) in [7, 11) is 0. The molecule has 16 heavy (non-hydrogen) atoms. The third-order valence-electron chi connectivity index (χ3n) is 3.72. The molecule has 0 heterocycles. The molecule has 1 nitrogen and oxygen atoms in total. The summed E-state index contributed by atoms with van der Waals surface area (Å²) in [5.74, 6) is 0. The third-order valence-corrected chi connectivity index (χ3v) is 3.72. The van der Waals surface area contributed by atoms with Crippen LogP contribution in [0, 0.1) is 5.41 Å². The van der Waals surface area contributed by atoms with E-state index >= 15 is 0 Å². The molecule has 0 aromatic heterocycles. The number of benzene rings is 1. The number of hydrogen-bond donors (Lipinski definition) is 1. The van der Waals surface area contributed by atoms with Crippen molar-refractivity contribution in [3.05, 3.63) is 30.3 Å². The lowest BCUT2D eigenvalue weighted by atomic mass is 9.85. The van der Waals surface area contributed by atoms with Gasteiger partial charge in [-0.05, 0) is 43.2 Å². The molecule has 0 amide bonds. The van der Waals surface area contributed by atoms with Crippen LogP contribution in [0.25, 0.3) is 0 Å². The Morgan fingerprint density at radius 3 is 2.56 bits per heavy atom. The third kappa shape index (κ3) is 3.26. The van der Waals surface area contributed by atoms with Crippen LogP contribution in [0.1, 0.15) is 46.0 Å². The molecule has 1 aromatic carbocycles. The zero-order valence-corrected chi connectivity index (χ0v) is 10.5. The van der Waals surface area contributed by atoms with E-state index in [4.69, 9.17) is 0 Å². The van der Waals surface area contributed by atoms with Crippen LogP contribution in [0.3, 0.4) is 0 Å². The van der Waals surface area contributed by atoms with Crippen molar-refractivity contribution in [3.8, 4) is 0 Å². The van der Waals surface area contributed by atoms with Crippen molar-refractivity contribution in [2.75, 3.05) is 5.32 Å². The molecule has 1 heteroatoms. The van der Waals surface area contributed by atoms with Crippen molar-refractivity contribution in [3.63, 3.8) is 0 Å². The highest BCUT2D eigenvalue weighted by molar-refractivity contribution is 5.43. The highest BCUT2D eigenvalue weighted by atomic mass is 14.9. The van der Waals surface area contributed by atoms with E-state index in [1.807, 2.05) is 0 Å². The van der Waals surface area contributed by atoms with Crippen LogP contribution in [-0.4, -0.2) is 6.04 Å². The second kappa shape index (κ2) is 4.90. The van der Waals surface area contributed by atoms with E-state index in [9.17, 15) is 0 Å². The van der Waals surface area contributed by atoms with Gasteiger partial charge in [0.05, 0.1) is 0 Å². The molecule has 88 valence electrons. The molecular formula is C15H23N. The smallest absolute Gasteiger partial charge is 0.0342 e. The summed E-state index contributed by atoms with van der Waals surface area (Å²) < 4.78 is 0. The Morgan fingerprint density at radius 1 is 1.06 bits per heavy atom. The monoisotopic (exact) mass is 217 g/mol. The van der Waals surface area contributed by atoms with Crippen molar-refractivity contribution >= 4 is 5.69 Å². The lowest BCUT2D eigenvalue weighted by molar-refractivity contribution is 0.313. The number of nitrogens with one attached hydrogen (secondary N) is 1. The topological polar surface area (TPSA) is 12.0 Å². The predicted molar refractivity (Wildman–Crippen MR) is 70.7 cm³/mol. The molecule has 1 aliphatic rings. The van der Waals surface area contributed by atoms with E-state index in [0.717, 1.165) is 0 Å². The van der Waals surface area contributed by atoms with Crippen molar-refractivity contribution in [2.45, 2.75) is 52.0 Å². The first kappa shape index (κ1) is 11.5. The molecule has 0 radical (unpaired) electrons. The summed E-state index contributed by atoms with van der Waals surface area (Å²) in [6, 6.07) is 11.3. The number of rotatable bonds is 2. The normalized spacial score (nSPS) is 24.8. The lowest BCUT2D eigenvalue weighted by Crippen LogP contribution is -2.19. The molecular weight excluding hydrogens is 194 g/mol. The summed E-state index contributed by atoms with van der Waals surface area (Å²) in [5, 5.41) is 3.66. The van der Waals surface area contributed by atoms with Crippen LogP contribution in [0.4, 0.5) is 5.69 Å². The quantitative estimate of drug-likeness (QED) is 0.721. The second-order valence-electron chi connectivity index (χ2n) is 5.80. The molecule has 1 saturated carbocycles. The molecule has 0 bridgehead atoms. The fraction of sp³-hybridized carbons (Fsp3) is 0.600. The lowest BCUT2D eigenvalue weighted by Gasteiger charge is -2.22. The Labute approximate surface area is 99.3 Å². The van der Waals surface area contributed by atoms with Gasteiger partial charge in [0, 0.05) is 11.7 Å². The highest BCUT2D eigenvalue weighted by Gasteiger charge is 2.23. The Balaban J connectivity index is 1.92. The fourth-order valence-electron chi connectivity index (χ4n) is 2.58. The summed E-state index contributed by atoms with van der Waals surface area (Å²) >= 11 is 0. The summed E-state index contributed by atoms with van der Waals surface area (Å²) in [6.07, 6.45) is 6.70. The molecule has 2 rings (SSSR count). The van der Waals surface area contributed by atoms with Crippen LogP contribution >= 0.6 is 0 Å². The van der Waals surface area contributed by atoms with Crippen molar-refractivity contribution in [2.24, 2.45) is 5.41 Å². The minimum Gasteiger partial charge on any atom is -0.382 e. The van der Waals surface area contributed by atoms with Gasteiger partial charge in [0.2, 0.25) is 0 Å². The van der Waals surface area contributed by atoms with Gasteiger partial charge in [-0.25, -0.2) is 0 Å². The Kier molecular flexibility index (Phi) is 3.52. The molecule has 1 unspecified atom stereocenters. The van der Waals surface area contributed by atoms with E-state index in [0.29, 0.717) is 11.5 Å². The molecule has 1 aromatic rings. The maximum atomic E-state index is 3.66. The Hall–Kier alpha value is -0.980. The van der Waals surface area contributed by atoms with Gasteiger partial charge in [0.25, 0.3) is 0 Å². The first-order chi connectivity index (χ1) is 7.66. The van der Waals surface area contributed by atoms with Crippen molar-refractivity contribution < 1.29 is 0 Å². The average Bonchev–Trinajstić information content (AvgIpc) is 2.42. The summed E-state index contributed by atoms with van der Waals surface area (Å²) in [5.41, 5.74) is 1.82. The fourth-order valence-corrected chi connectivity index (χ4v) is 2.58. The van der Waals surface area contributed by atoms with E-state index in [1.54, 1.807) is 0 Å². The molecule has 0 spiro atoms. The molecule has 1 atom stereocenters. The van der Waals surface area contributed by atoms with Gasteiger partial charge in [-0.1, -0.05) is 38.5 Å². The zero-order valence-electron chi connectivity index (χ0n) is 10.5. The van der Waals surface area contributed by atoms with Crippen LogP contribution in [0.5, 0.6) is 0 Å². The van der Waals surface area contributed by atoms with E-state index in [-0.39, 0.29) is 0 Å². The highest BCUT2D eigenvalue weighted by Crippen LogP contribution is 2.34. The molecule has 1 N–H and O–H groups in total. The molecule has 0 aliphatic heterocycles. The van der Waals surface area contributed by atoms with E-state index in [2.05, 4.69) is 49.5 Å². The summed E-state index contributed by atoms with van der Waals surface area (Å²) in [6.45, 7) is 4.80. The minimum atomic E-state index is 0.549. The number of anilines is 1. The Morgan fingerprint density at radius 2 is 1.81 bits per heavy atom. The Bertz CT molecular complexity index is 315. The maximum absolute atomic E-state index is 3.66. The van der Waals surface area contributed by atoms with Crippen LogP contribution in [0.15, 0.2) is 30.3 Å². The summed E-state index contributed by atoms with van der Waals surface area (Å²) in [4.78, 5) is 0. The number of para-hydroxylation sites is 1. The molecule has 0 saturated heterocycles. The largest absolute Gasteiger partial charge is 0.382 e. The minimum absolute atomic E-state index is 0.549. The first-order valence-electron chi connectivity index (χ1n) is 6.47. The van der Waals surface area contributed by atoms with Crippen molar-refractivity contribution in [1.29, 1.82) is 0 Å². The van der Waals surface area contributed by atoms with Crippen LogP contribution in [-0.2, 0) is 0 Å². The van der Waals surface area contributed by atoms with E-state index < -0.39 is 0 Å². The van der Waals surface area contributed by atoms with Gasteiger partial charge in [-0.2, -0.15) is 0 Å². The zero-order chi connectivity index (χ0) is 11.4. The molecule has 1 aliphatic carbocycles. The SMILES string of the molecule is CC1(C)CCCC(Nc2ccccc2)CC1. The van der Waals surface area contributed by atoms with Gasteiger partial charge in [-0.15, -0.1) is 0 Å².